The summed E-state index contributed by atoms with van der Waals surface area (Å²) < 4.78 is 19.4. The van der Waals surface area contributed by atoms with Crippen molar-refractivity contribution in [1.82, 2.24) is 10.2 Å². The van der Waals surface area contributed by atoms with Gasteiger partial charge in [0.2, 0.25) is 0 Å². The molecule has 2 fully saturated rings. The van der Waals surface area contributed by atoms with Crippen molar-refractivity contribution < 1.29 is 13.6 Å². The number of nitrogens with zero attached hydrogens (tertiary/aromatic N) is 1. The summed E-state index contributed by atoms with van der Waals surface area (Å²) in [6.45, 7) is 7.62. The molecule has 0 spiro atoms. The minimum Gasteiger partial charge on any atom is -0.329 e. The first-order valence-corrected chi connectivity index (χ1v) is 6.98. The Labute approximate surface area is 97.4 Å². The lowest BCUT2D eigenvalue weighted by Crippen LogP contribution is -2.45. The van der Waals surface area contributed by atoms with Crippen LogP contribution in [0, 0.1) is 0 Å². The van der Waals surface area contributed by atoms with Crippen molar-refractivity contribution in [2.45, 2.75) is 6.42 Å². The third-order valence-corrected chi connectivity index (χ3v) is 3.26. The monoisotopic (exact) mass is 251 g/mol. The van der Waals surface area contributed by atoms with Crippen molar-refractivity contribution in [1.29, 1.82) is 0 Å². The van der Waals surface area contributed by atoms with E-state index in [1.54, 1.807) is 0 Å². The van der Waals surface area contributed by atoms with Crippen LogP contribution >= 0.6 is 8.25 Å². The third-order valence-electron chi connectivity index (χ3n) is 2.38. The van der Waals surface area contributed by atoms with E-state index in [4.69, 9.17) is 5.73 Å². The molecule has 3 N–H and O–H groups in total. The average Bonchev–Trinajstić information content (AvgIpc) is 2.33. The molecule has 0 aliphatic carbocycles. The quantitative estimate of drug-likeness (QED) is 0.654. The van der Waals surface area contributed by atoms with Crippen LogP contribution in [0.25, 0.3) is 0 Å². The second-order valence-electron chi connectivity index (χ2n) is 3.68. The van der Waals surface area contributed by atoms with Crippen LogP contribution in [0.15, 0.2) is 0 Å². The smallest absolute Gasteiger partial charge is 0.319 e. The number of nitrogens with two attached hydrogens (primary N) is 1. The van der Waals surface area contributed by atoms with E-state index in [9.17, 15) is 4.57 Å². The van der Waals surface area contributed by atoms with Crippen LogP contribution in [0.3, 0.4) is 0 Å². The maximum absolute atomic E-state index is 10.2. The Kier molecular flexibility index (Phi) is 8.02. The second kappa shape index (κ2) is 9.10. The third kappa shape index (κ3) is 6.58. The van der Waals surface area contributed by atoms with Gasteiger partial charge in [0, 0.05) is 39.3 Å². The Bertz CT molecular complexity index is 190. The van der Waals surface area contributed by atoms with Crippen LogP contribution in [0.5, 0.6) is 0 Å². The van der Waals surface area contributed by atoms with E-state index in [1.807, 2.05) is 0 Å². The van der Waals surface area contributed by atoms with Gasteiger partial charge in [-0.15, -0.1) is 0 Å². The van der Waals surface area contributed by atoms with Gasteiger partial charge in [-0.05, 0) is 6.42 Å². The summed E-state index contributed by atoms with van der Waals surface area (Å²) in [4.78, 5) is 2.39. The Balaban J connectivity index is 0.000000165. The summed E-state index contributed by atoms with van der Waals surface area (Å²) in [5, 5.41) is 3.29. The standard InChI is InChI=1S/C6H15N3.C3H7O3P/c7-1-4-9-5-2-8-3-6-9;4-7-5-2-1-3-6-7/h8H,1-7H2;7H,1-3H2. The molecule has 2 aliphatic heterocycles. The van der Waals surface area contributed by atoms with Crippen molar-refractivity contribution in [2.24, 2.45) is 5.73 Å². The highest BCUT2D eigenvalue weighted by Gasteiger charge is 2.06. The van der Waals surface area contributed by atoms with Crippen molar-refractivity contribution in [2.75, 3.05) is 52.5 Å². The molecule has 6 nitrogen and oxygen atoms in total. The van der Waals surface area contributed by atoms with Gasteiger partial charge in [0.25, 0.3) is 0 Å². The molecule has 2 saturated heterocycles. The largest absolute Gasteiger partial charge is 0.329 e. The van der Waals surface area contributed by atoms with Gasteiger partial charge in [0.1, 0.15) is 0 Å². The average molecular weight is 251 g/mol. The van der Waals surface area contributed by atoms with Crippen LogP contribution in [-0.2, 0) is 13.6 Å². The Hall–Kier alpha value is 0.0300. The van der Waals surface area contributed by atoms with E-state index in [-0.39, 0.29) is 0 Å². The minimum absolute atomic E-state index is 0.595. The fourth-order valence-electron chi connectivity index (χ4n) is 1.53. The minimum atomic E-state index is -2.04. The number of rotatable bonds is 2. The van der Waals surface area contributed by atoms with Crippen molar-refractivity contribution in [3.05, 3.63) is 0 Å². The molecule has 0 aromatic carbocycles. The topological polar surface area (TPSA) is 76.8 Å². The summed E-state index contributed by atoms with van der Waals surface area (Å²) in [7, 11) is -2.04. The fraction of sp³-hybridized carbons (Fsp3) is 1.00. The second-order valence-corrected chi connectivity index (χ2v) is 4.76. The molecular weight excluding hydrogens is 229 g/mol. The lowest BCUT2D eigenvalue weighted by atomic mass is 10.3. The lowest BCUT2D eigenvalue weighted by Gasteiger charge is -2.26. The number of hydrogen-bond donors (Lipinski definition) is 2. The highest BCUT2D eigenvalue weighted by Crippen LogP contribution is 2.27. The first-order chi connectivity index (χ1) is 7.83. The normalized spacial score (nSPS) is 23.6. The van der Waals surface area contributed by atoms with Crippen molar-refractivity contribution in [3.63, 3.8) is 0 Å². The summed E-state index contributed by atoms with van der Waals surface area (Å²) >= 11 is 0. The van der Waals surface area contributed by atoms with E-state index in [0.29, 0.717) is 13.2 Å². The molecule has 0 radical (unpaired) electrons. The Morgan fingerprint density at radius 3 is 2.31 bits per heavy atom. The molecule has 2 aliphatic rings. The van der Waals surface area contributed by atoms with Gasteiger partial charge >= 0.3 is 8.25 Å². The van der Waals surface area contributed by atoms with Gasteiger partial charge in [0.15, 0.2) is 0 Å². The van der Waals surface area contributed by atoms with E-state index in [0.717, 1.165) is 45.7 Å². The van der Waals surface area contributed by atoms with Gasteiger partial charge in [0.05, 0.1) is 13.2 Å². The summed E-state index contributed by atoms with van der Waals surface area (Å²) in [6.07, 6.45) is 0.871. The molecular formula is C9H22N3O3P. The highest BCUT2D eigenvalue weighted by molar-refractivity contribution is 7.33. The molecule has 2 rings (SSSR count). The van der Waals surface area contributed by atoms with E-state index >= 15 is 0 Å². The van der Waals surface area contributed by atoms with Crippen LogP contribution in [0.2, 0.25) is 0 Å². The molecule has 0 bridgehead atoms. The predicted octanol–water partition coefficient (Wildman–Crippen LogP) is -0.337. The fourth-order valence-corrected chi connectivity index (χ4v) is 2.23. The van der Waals surface area contributed by atoms with Crippen molar-refractivity contribution in [3.8, 4) is 0 Å². The van der Waals surface area contributed by atoms with Crippen molar-refractivity contribution >= 4 is 8.25 Å². The summed E-state index contributed by atoms with van der Waals surface area (Å²) in [6, 6.07) is 0. The van der Waals surface area contributed by atoms with Crippen LogP contribution in [0.4, 0.5) is 0 Å². The number of nitrogens with one attached hydrogen (secondary N) is 1. The molecule has 0 aromatic heterocycles. The van der Waals surface area contributed by atoms with Gasteiger partial charge in [-0.2, -0.15) is 0 Å². The van der Waals surface area contributed by atoms with Gasteiger partial charge in [-0.1, -0.05) is 0 Å². The zero-order valence-corrected chi connectivity index (χ0v) is 10.6. The lowest BCUT2D eigenvalue weighted by molar-refractivity contribution is 0.165. The predicted molar refractivity (Wildman–Crippen MR) is 63.9 cm³/mol. The molecule has 96 valence electrons. The van der Waals surface area contributed by atoms with E-state index in [1.165, 1.54) is 0 Å². The molecule has 0 saturated carbocycles. The van der Waals surface area contributed by atoms with E-state index in [2.05, 4.69) is 19.3 Å². The van der Waals surface area contributed by atoms with Gasteiger partial charge in [-0.3, -0.25) is 9.46 Å². The van der Waals surface area contributed by atoms with Crippen LogP contribution in [0.1, 0.15) is 6.42 Å². The van der Waals surface area contributed by atoms with Gasteiger partial charge < -0.3 is 20.1 Å². The number of piperazine rings is 1. The Morgan fingerprint density at radius 2 is 1.88 bits per heavy atom. The van der Waals surface area contributed by atoms with Gasteiger partial charge in [-0.25, -0.2) is 0 Å². The molecule has 0 atom stereocenters. The zero-order valence-electron chi connectivity index (χ0n) is 9.61. The Morgan fingerprint density at radius 1 is 1.25 bits per heavy atom. The molecule has 16 heavy (non-hydrogen) atoms. The maximum atomic E-state index is 10.2. The first-order valence-electron chi connectivity index (χ1n) is 5.75. The SMILES string of the molecule is NCCN1CCNCC1.O=[PH]1OCCCO1. The number of hydrogen-bond acceptors (Lipinski definition) is 6. The summed E-state index contributed by atoms with van der Waals surface area (Å²) in [5.41, 5.74) is 5.40. The molecule has 7 heteroatoms. The van der Waals surface area contributed by atoms with E-state index < -0.39 is 8.25 Å². The van der Waals surface area contributed by atoms with Crippen LogP contribution in [-0.4, -0.2) is 57.4 Å². The maximum Gasteiger partial charge on any atom is 0.319 e. The summed E-state index contributed by atoms with van der Waals surface area (Å²) in [5.74, 6) is 0. The molecule has 0 aromatic rings. The first kappa shape index (κ1) is 14.1. The highest BCUT2D eigenvalue weighted by atomic mass is 31.1. The van der Waals surface area contributed by atoms with Crippen LogP contribution < -0.4 is 11.1 Å². The molecule has 2 heterocycles. The zero-order chi connectivity index (χ0) is 11.6. The molecule has 0 unspecified atom stereocenters. The molecule has 0 amide bonds.